The van der Waals surface area contributed by atoms with E-state index in [2.05, 4.69) is 93.2 Å². The molecular weight excluding hydrogens is 447 g/mol. The Morgan fingerprint density at radius 2 is 1.70 bits per heavy atom. The van der Waals surface area contributed by atoms with Gasteiger partial charge in [-0.1, -0.05) is 0 Å². The van der Waals surface area contributed by atoms with E-state index in [4.69, 9.17) is 9.84 Å². The molecule has 0 radical (unpaired) electrons. The first-order valence-electron chi connectivity index (χ1n) is 11.8. The Hall–Kier alpha value is -2.37. The maximum Gasteiger partial charge on any atom is 0.0319 e. The fraction of sp³-hybridized carbons (Fsp3) is 0.321. The summed E-state index contributed by atoms with van der Waals surface area (Å²) in [5.74, 6) is 0. The van der Waals surface area contributed by atoms with Gasteiger partial charge in [-0.15, -0.1) is 0 Å². The molecule has 0 saturated carbocycles. The molecule has 4 heterocycles. The van der Waals surface area contributed by atoms with E-state index < -0.39 is 0 Å². The Morgan fingerprint density at radius 1 is 1.03 bits per heavy atom. The molecule has 3 aromatic carbocycles. The second kappa shape index (κ2) is 7.58. The number of aliphatic hydroxyl groups is 1. The van der Waals surface area contributed by atoms with Crippen molar-refractivity contribution in [3.05, 3.63) is 59.7 Å². The van der Waals surface area contributed by atoms with Gasteiger partial charge in [-0.2, -0.15) is 0 Å². The number of aliphatic hydroxyl groups excluding tert-OH is 1. The van der Waals surface area contributed by atoms with Gasteiger partial charge in [0.05, 0.1) is 0 Å². The maximum atomic E-state index is 7.00. The second-order valence-electron chi connectivity index (χ2n) is 9.20. The molecule has 2 aromatic heterocycles. The van der Waals surface area contributed by atoms with E-state index in [0.717, 1.165) is 26.4 Å². The largest absolute Gasteiger partial charge is 0.400 e. The number of aryl methyl sites for hydroxylation is 1. The van der Waals surface area contributed by atoms with Gasteiger partial charge in [0.1, 0.15) is 0 Å². The van der Waals surface area contributed by atoms with Crippen molar-refractivity contribution < 1.29 is 26.8 Å². The van der Waals surface area contributed by atoms with Gasteiger partial charge in [0.15, 0.2) is 0 Å². The van der Waals surface area contributed by atoms with Crippen LogP contribution in [0.1, 0.15) is 50.5 Å². The van der Waals surface area contributed by atoms with Crippen molar-refractivity contribution in [1.29, 1.82) is 0 Å². The molecule has 0 aliphatic carbocycles. The Labute approximate surface area is 202 Å². The van der Waals surface area contributed by atoms with Gasteiger partial charge in [-0.3, -0.25) is 0 Å². The molecule has 2 aliphatic heterocycles. The van der Waals surface area contributed by atoms with Crippen LogP contribution in [0.15, 0.2) is 48.5 Å². The number of nitrogens with zero attached hydrogens (tertiary/aromatic N) is 2. The number of ether oxygens (including phenoxy) is 1. The molecule has 167 valence electrons. The fourth-order valence-corrected chi connectivity index (χ4v) is 6.93. The van der Waals surface area contributed by atoms with Crippen LogP contribution in [-0.2, 0) is 33.9 Å². The van der Waals surface area contributed by atoms with Crippen molar-refractivity contribution in [2.24, 2.45) is 0 Å². The van der Waals surface area contributed by atoms with E-state index in [1.54, 1.807) is 0 Å². The summed E-state index contributed by atoms with van der Waals surface area (Å²) in [6, 6.07) is 17.8. The van der Waals surface area contributed by atoms with Gasteiger partial charge < -0.3 is 5.11 Å². The van der Waals surface area contributed by atoms with Crippen molar-refractivity contribution in [2.75, 3.05) is 7.11 Å². The summed E-state index contributed by atoms with van der Waals surface area (Å²) < 4.78 is 14.3. The summed E-state index contributed by atoms with van der Waals surface area (Å²) in [5.41, 5.74) is 7.75. The third-order valence-corrected chi connectivity index (χ3v) is 8.03. The first kappa shape index (κ1) is 21.2. The zero-order valence-electron chi connectivity index (χ0n) is 19.3. The van der Waals surface area contributed by atoms with Gasteiger partial charge in [0.2, 0.25) is 0 Å². The second-order valence-corrected chi connectivity index (χ2v) is 9.60. The van der Waals surface area contributed by atoms with E-state index in [1.165, 1.54) is 61.2 Å². The quantitative estimate of drug-likeness (QED) is 0.332. The summed E-state index contributed by atoms with van der Waals surface area (Å²) in [5, 5.41) is 12.5. The molecule has 2 aliphatic rings. The minimum absolute atomic E-state index is 0.0645. The predicted octanol–water partition coefficient (Wildman–Crippen LogP) is 6.16. The Kier molecular flexibility index (Phi) is 4.86. The molecule has 33 heavy (non-hydrogen) atoms. The topological polar surface area (TPSA) is 39.3 Å². The van der Waals surface area contributed by atoms with Crippen LogP contribution < -0.4 is 0 Å². The van der Waals surface area contributed by atoms with E-state index in [0.29, 0.717) is 0 Å². The summed E-state index contributed by atoms with van der Waals surface area (Å²) >= 11 is 2.71. The standard InChI is InChI=1S/C27H24N2O.CH4O.V/c1-4-17-16(2)23-18-10-5-7-12-20(18)28-22-14-9-15-27(3,30-22)29-21-13-8-6-11-19(21)24(17)26(29)25(23)28;1-2;/h2,5-8,10-13,22H,4,9,14-15H2,1,3H3;2H,1H3;. The van der Waals surface area contributed by atoms with Crippen LogP contribution in [0, 0.1) is 0 Å². The minimum Gasteiger partial charge on any atom is -0.400 e. The van der Waals surface area contributed by atoms with Crippen LogP contribution in [0.25, 0.3) is 43.6 Å². The van der Waals surface area contributed by atoms with Crippen LogP contribution in [-0.4, -0.2) is 26.1 Å². The number of benzene rings is 3. The van der Waals surface area contributed by atoms with Gasteiger partial charge in [-0.05, 0) is 0 Å². The molecule has 1 saturated heterocycles. The number of para-hydroxylation sites is 2. The van der Waals surface area contributed by atoms with Crippen molar-refractivity contribution in [3.8, 4) is 0 Å². The molecule has 2 bridgehead atoms. The Bertz CT molecular complexity index is 1580. The average molecular weight is 475 g/mol. The summed E-state index contributed by atoms with van der Waals surface area (Å²) in [7, 11) is 1.00. The minimum atomic E-state index is -0.337. The van der Waals surface area contributed by atoms with E-state index >= 15 is 0 Å². The van der Waals surface area contributed by atoms with Gasteiger partial charge in [0, 0.05) is 7.11 Å². The van der Waals surface area contributed by atoms with E-state index in [9.17, 15) is 0 Å². The van der Waals surface area contributed by atoms with Gasteiger partial charge in [-0.25, -0.2) is 0 Å². The summed E-state index contributed by atoms with van der Waals surface area (Å²) in [6.45, 7) is 4.59. The van der Waals surface area contributed by atoms with Crippen LogP contribution in [0.3, 0.4) is 0 Å². The van der Waals surface area contributed by atoms with Crippen LogP contribution >= 0.6 is 0 Å². The Balaban J connectivity index is 0.00000101. The van der Waals surface area contributed by atoms with Crippen LogP contribution in [0.5, 0.6) is 0 Å². The number of hydrogen-bond acceptors (Lipinski definition) is 2. The maximum absolute atomic E-state index is 7.00. The normalized spacial score (nSPS) is 21.5. The van der Waals surface area contributed by atoms with Gasteiger partial charge >= 0.3 is 190 Å². The zero-order chi connectivity index (χ0) is 22.9. The number of fused-ring (bicyclic) bond motifs is 10. The Morgan fingerprint density at radius 3 is 2.39 bits per heavy atom. The average Bonchev–Trinajstić information content (AvgIpc) is 3.36. The molecule has 2 unspecified atom stereocenters. The number of hydrogen-bond donors (Lipinski definition) is 1. The smallest absolute Gasteiger partial charge is 0.0319 e. The van der Waals surface area contributed by atoms with Crippen molar-refractivity contribution in [1.82, 2.24) is 9.13 Å². The van der Waals surface area contributed by atoms with E-state index in [1.807, 2.05) is 0 Å². The molecule has 0 amide bonds. The summed E-state index contributed by atoms with van der Waals surface area (Å²) in [6.07, 6.45) is 4.34. The molecule has 1 N–H and O–H groups in total. The molecule has 2 atom stereocenters. The molecule has 7 rings (SSSR count). The van der Waals surface area contributed by atoms with E-state index in [-0.39, 0.29) is 12.0 Å². The van der Waals surface area contributed by atoms with Crippen LogP contribution in [0.4, 0.5) is 0 Å². The molecule has 5 aromatic rings. The molecule has 0 spiro atoms. The molecular formula is C28H28N2O2V. The van der Waals surface area contributed by atoms with Crippen LogP contribution in [0.2, 0.25) is 0 Å². The predicted molar refractivity (Wildman–Crippen MR) is 133 cm³/mol. The monoisotopic (exact) mass is 475 g/mol. The van der Waals surface area contributed by atoms with Crippen molar-refractivity contribution in [2.45, 2.75) is 51.5 Å². The third kappa shape index (κ3) is 2.58. The number of rotatable bonds is 2. The van der Waals surface area contributed by atoms with Gasteiger partial charge in [0.25, 0.3) is 0 Å². The zero-order valence-corrected chi connectivity index (χ0v) is 20.7. The SMILES string of the molecule is CCc1c([CH]=[V])c2c3ccccc3n3c2c2c1c1ccccc1n2C1(C)CCCC3O1.CO. The molecule has 1 fully saturated rings. The molecule has 4 nitrogen and oxygen atoms in total. The molecule has 5 heteroatoms. The number of aromatic nitrogens is 2. The van der Waals surface area contributed by atoms with Crippen molar-refractivity contribution in [3.63, 3.8) is 0 Å². The first-order chi connectivity index (χ1) is 16.2. The third-order valence-electron chi connectivity index (χ3n) is 7.63. The summed E-state index contributed by atoms with van der Waals surface area (Å²) in [4.78, 5) is 0. The fourth-order valence-electron chi connectivity index (χ4n) is 6.49. The van der Waals surface area contributed by atoms with Crippen molar-refractivity contribution >= 4 is 48.3 Å². The first-order valence-corrected chi connectivity index (χ1v) is 12.6.